The largest absolute Gasteiger partial charge is 0.489 e. The normalized spacial score (nSPS) is 19.8. The van der Waals surface area contributed by atoms with E-state index in [-0.39, 0.29) is 12.6 Å². The molecule has 2 atom stereocenters. The van der Waals surface area contributed by atoms with Gasteiger partial charge in [-0.25, -0.2) is 0 Å². The van der Waals surface area contributed by atoms with Gasteiger partial charge in [0.05, 0.1) is 12.6 Å². The third kappa shape index (κ3) is 4.15. The second kappa shape index (κ2) is 8.29. The molecule has 0 amide bonds. The Morgan fingerprint density at radius 2 is 1.92 bits per heavy atom. The average molecular weight is 326 g/mol. The van der Waals surface area contributed by atoms with Crippen LogP contribution in [-0.2, 0) is 6.61 Å². The van der Waals surface area contributed by atoms with E-state index in [2.05, 4.69) is 41.4 Å². The van der Waals surface area contributed by atoms with Crippen LogP contribution in [0, 0.1) is 0 Å². The van der Waals surface area contributed by atoms with E-state index in [0.717, 1.165) is 36.5 Å². The molecule has 2 unspecified atom stereocenters. The summed E-state index contributed by atoms with van der Waals surface area (Å²) in [5.74, 6) is 0.854. The quantitative estimate of drug-likeness (QED) is 0.856. The molecule has 0 radical (unpaired) electrons. The average Bonchev–Trinajstić information content (AvgIpc) is 2.64. The molecule has 1 saturated heterocycles. The van der Waals surface area contributed by atoms with Crippen molar-refractivity contribution in [2.75, 3.05) is 26.2 Å². The van der Waals surface area contributed by atoms with Gasteiger partial charge in [0.1, 0.15) is 12.4 Å². The molecule has 3 rings (SSSR count). The number of aliphatic hydroxyl groups is 1. The van der Waals surface area contributed by atoms with Crippen molar-refractivity contribution in [3.05, 3.63) is 65.7 Å². The van der Waals surface area contributed by atoms with Gasteiger partial charge in [0, 0.05) is 25.7 Å². The molecule has 0 aliphatic carbocycles. The van der Waals surface area contributed by atoms with Crippen LogP contribution in [0.5, 0.6) is 5.75 Å². The van der Waals surface area contributed by atoms with Crippen LogP contribution in [0.3, 0.4) is 0 Å². The molecule has 0 aromatic heterocycles. The van der Waals surface area contributed by atoms with Crippen LogP contribution in [0.15, 0.2) is 54.6 Å². The summed E-state index contributed by atoms with van der Waals surface area (Å²) in [6.07, 6.45) is 0. The number of piperazine rings is 1. The van der Waals surface area contributed by atoms with Crippen molar-refractivity contribution in [2.45, 2.75) is 25.6 Å². The highest BCUT2D eigenvalue weighted by atomic mass is 16.5. The van der Waals surface area contributed by atoms with Gasteiger partial charge in [0.2, 0.25) is 0 Å². The van der Waals surface area contributed by atoms with Crippen LogP contribution in [0.25, 0.3) is 0 Å². The lowest BCUT2D eigenvalue weighted by atomic mass is 10.0. The second-order valence-corrected chi connectivity index (χ2v) is 6.33. The molecule has 0 spiro atoms. The Morgan fingerprint density at radius 3 is 2.58 bits per heavy atom. The van der Waals surface area contributed by atoms with Crippen molar-refractivity contribution in [3.63, 3.8) is 0 Å². The van der Waals surface area contributed by atoms with Crippen LogP contribution in [0.2, 0.25) is 0 Å². The summed E-state index contributed by atoms with van der Waals surface area (Å²) in [5.41, 5.74) is 2.29. The van der Waals surface area contributed by atoms with Crippen LogP contribution < -0.4 is 10.1 Å². The lowest BCUT2D eigenvalue weighted by Crippen LogP contribution is -2.51. The van der Waals surface area contributed by atoms with Crippen LogP contribution in [-0.4, -0.2) is 42.3 Å². The van der Waals surface area contributed by atoms with E-state index in [1.54, 1.807) is 0 Å². The third-order valence-corrected chi connectivity index (χ3v) is 4.64. The van der Waals surface area contributed by atoms with Crippen molar-refractivity contribution >= 4 is 0 Å². The molecule has 2 aromatic rings. The van der Waals surface area contributed by atoms with E-state index in [4.69, 9.17) is 4.74 Å². The smallest absolute Gasteiger partial charge is 0.119 e. The highest BCUT2D eigenvalue weighted by molar-refractivity contribution is 5.30. The molecule has 24 heavy (non-hydrogen) atoms. The van der Waals surface area contributed by atoms with Gasteiger partial charge in [0.25, 0.3) is 0 Å². The first-order chi connectivity index (χ1) is 11.8. The maximum absolute atomic E-state index is 9.88. The molecule has 2 N–H and O–H groups in total. The van der Waals surface area contributed by atoms with E-state index in [1.807, 2.05) is 30.3 Å². The standard InChI is InChI=1S/C20H26N2O2/c1-16-13-21-11-12-22(16)20(14-23)18-7-9-19(10-8-18)24-15-17-5-3-2-4-6-17/h2-10,16,20-21,23H,11-15H2,1H3. The van der Waals surface area contributed by atoms with Gasteiger partial charge in [0.15, 0.2) is 0 Å². The lowest BCUT2D eigenvalue weighted by Gasteiger charge is -2.39. The molecule has 1 aliphatic rings. The summed E-state index contributed by atoms with van der Waals surface area (Å²) in [4.78, 5) is 2.37. The zero-order valence-electron chi connectivity index (χ0n) is 14.2. The first-order valence-electron chi connectivity index (χ1n) is 8.62. The Morgan fingerprint density at radius 1 is 1.17 bits per heavy atom. The summed E-state index contributed by atoms with van der Waals surface area (Å²) in [6, 6.07) is 18.7. The maximum Gasteiger partial charge on any atom is 0.119 e. The fourth-order valence-corrected chi connectivity index (χ4v) is 3.25. The molecule has 4 nitrogen and oxygen atoms in total. The zero-order valence-corrected chi connectivity index (χ0v) is 14.2. The number of rotatable bonds is 6. The Labute approximate surface area is 144 Å². The van der Waals surface area contributed by atoms with Crippen molar-refractivity contribution in [1.82, 2.24) is 10.2 Å². The molecule has 4 heteroatoms. The summed E-state index contributed by atoms with van der Waals surface area (Å²) in [5, 5.41) is 13.3. The summed E-state index contributed by atoms with van der Waals surface area (Å²) in [6.45, 7) is 5.80. The molecule has 128 valence electrons. The highest BCUT2D eigenvalue weighted by Crippen LogP contribution is 2.25. The van der Waals surface area contributed by atoms with Crippen molar-refractivity contribution in [1.29, 1.82) is 0 Å². The van der Waals surface area contributed by atoms with Crippen LogP contribution in [0.4, 0.5) is 0 Å². The number of benzene rings is 2. The van der Waals surface area contributed by atoms with Crippen LogP contribution >= 0.6 is 0 Å². The van der Waals surface area contributed by atoms with Crippen molar-refractivity contribution in [3.8, 4) is 5.75 Å². The topological polar surface area (TPSA) is 44.7 Å². The van der Waals surface area contributed by atoms with E-state index < -0.39 is 0 Å². The Kier molecular flexibility index (Phi) is 5.86. The fraction of sp³-hybridized carbons (Fsp3) is 0.400. The van der Waals surface area contributed by atoms with E-state index in [1.165, 1.54) is 0 Å². The molecule has 1 aliphatic heterocycles. The number of hydrogen-bond donors (Lipinski definition) is 2. The monoisotopic (exact) mass is 326 g/mol. The minimum atomic E-state index is 0.0465. The lowest BCUT2D eigenvalue weighted by molar-refractivity contribution is 0.0723. The summed E-state index contributed by atoms with van der Waals surface area (Å²) in [7, 11) is 0. The predicted molar refractivity (Wildman–Crippen MR) is 96.1 cm³/mol. The molecule has 1 fully saturated rings. The van der Waals surface area contributed by atoms with Gasteiger partial charge in [-0.3, -0.25) is 4.90 Å². The Balaban J connectivity index is 1.64. The number of aliphatic hydroxyl groups excluding tert-OH is 1. The van der Waals surface area contributed by atoms with Crippen molar-refractivity contribution in [2.24, 2.45) is 0 Å². The Hall–Kier alpha value is -1.88. The SMILES string of the molecule is CC1CNCCN1C(CO)c1ccc(OCc2ccccc2)cc1. The van der Waals surface area contributed by atoms with Gasteiger partial charge in [-0.2, -0.15) is 0 Å². The third-order valence-electron chi connectivity index (χ3n) is 4.64. The second-order valence-electron chi connectivity index (χ2n) is 6.33. The minimum absolute atomic E-state index is 0.0465. The highest BCUT2D eigenvalue weighted by Gasteiger charge is 2.26. The summed E-state index contributed by atoms with van der Waals surface area (Å²) >= 11 is 0. The van der Waals surface area contributed by atoms with E-state index in [0.29, 0.717) is 12.6 Å². The first kappa shape index (κ1) is 17.0. The fourth-order valence-electron chi connectivity index (χ4n) is 3.25. The molecular formula is C20H26N2O2. The van der Waals surface area contributed by atoms with Crippen molar-refractivity contribution < 1.29 is 9.84 Å². The number of nitrogens with zero attached hydrogens (tertiary/aromatic N) is 1. The molecule has 2 aromatic carbocycles. The van der Waals surface area contributed by atoms with Gasteiger partial charge in [-0.05, 0) is 30.2 Å². The number of ether oxygens (including phenoxy) is 1. The molecule has 0 saturated carbocycles. The van der Waals surface area contributed by atoms with Gasteiger partial charge < -0.3 is 15.2 Å². The predicted octanol–water partition coefficient (Wildman–Crippen LogP) is 2.59. The van der Waals surface area contributed by atoms with Gasteiger partial charge in [-0.1, -0.05) is 42.5 Å². The molecule has 0 bridgehead atoms. The first-order valence-corrected chi connectivity index (χ1v) is 8.62. The van der Waals surface area contributed by atoms with E-state index in [9.17, 15) is 5.11 Å². The van der Waals surface area contributed by atoms with Gasteiger partial charge in [-0.15, -0.1) is 0 Å². The van der Waals surface area contributed by atoms with E-state index >= 15 is 0 Å². The molecular weight excluding hydrogens is 300 g/mol. The Bertz CT molecular complexity index is 615. The zero-order chi connectivity index (χ0) is 16.8. The minimum Gasteiger partial charge on any atom is -0.489 e. The number of nitrogens with one attached hydrogen (secondary N) is 1. The summed E-state index contributed by atoms with van der Waals surface area (Å²) < 4.78 is 5.84. The van der Waals surface area contributed by atoms with Crippen LogP contribution in [0.1, 0.15) is 24.1 Å². The maximum atomic E-state index is 9.88. The van der Waals surface area contributed by atoms with Gasteiger partial charge >= 0.3 is 0 Å². The molecule has 1 heterocycles. The number of hydrogen-bond acceptors (Lipinski definition) is 4.